The highest BCUT2D eigenvalue weighted by Gasteiger charge is 2.30. The van der Waals surface area contributed by atoms with E-state index in [4.69, 9.17) is 11.6 Å². The maximum atomic E-state index is 12.0. The largest absolute Gasteiger partial charge is 0.379 e. The molecular formula is C15H17ClN4OS. The number of carbonyl (C=O) groups excluding carboxylic acids is 1. The van der Waals surface area contributed by atoms with Crippen molar-refractivity contribution >= 4 is 39.8 Å². The van der Waals surface area contributed by atoms with E-state index in [0.29, 0.717) is 18.2 Å². The Bertz CT molecular complexity index is 697. The minimum Gasteiger partial charge on any atom is -0.379 e. The summed E-state index contributed by atoms with van der Waals surface area (Å²) in [5.41, 5.74) is 2.04. The Hall–Kier alpha value is -1.79. The first-order valence-electron chi connectivity index (χ1n) is 7.02. The smallest absolute Gasteiger partial charge is 0.323 e. The molecule has 1 aliphatic rings. The molecule has 2 heterocycles. The van der Waals surface area contributed by atoms with Gasteiger partial charge in [-0.2, -0.15) is 0 Å². The number of amides is 2. The van der Waals surface area contributed by atoms with Crippen molar-refractivity contribution in [2.45, 2.75) is 19.9 Å². The lowest BCUT2D eigenvalue weighted by Gasteiger charge is -2.39. The number of rotatable bonds is 3. The first-order valence-corrected chi connectivity index (χ1v) is 8.22. The van der Waals surface area contributed by atoms with E-state index in [1.807, 2.05) is 32.0 Å². The lowest BCUT2D eigenvalue weighted by Crippen LogP contribution is -2.58. The third-order valence-corrected chi connectivity index (χ3v) is 4.78. The highest BCUT2D eigenvalue weighted by molar-refractivity contribution is 7.15. The van der Waals surface area contributed by atoms with Crippen molar-refractivity contribution in [1.29, 1.82) is 0 Å². The Morgan fingerprint density at radius 3 is 2.82 bits per heavy atom. The molecule has 0 aliphatic carbocycles. The molecule has 0 bridgehead atoms. The zero-order valence-corrected chi connectivity index (χ0v) is 14.0. The summed E-state index contributed by atoms with van der Waals surface area (Å²) in [6, 6.07) is 6.05. The predicted molar refractivity (Wildman–Crippen MR) is 91.0 cm³/mol. The summed E-state index contributed by atoms with van der Waals surface area (Å²) in [5.74, 6) is 0. The van der Waals surface area contributed by atoms with Crippen LogP contribution in [0, 0.1) is 13.8 Å². The molecule has 22 heavy (non-hydrogen) atoms. The van der Waals surface area contributed by atoms with Crippen molar-refractivity contribution in [3.63, 3.8) is 0 Å². The molecule has 5 nitrogen and oxygen atoms in total. The average molecular weight is 337 g/mol. The Morgan fingerprint density at radius 2 is 2.18 bits per heavy atom. The lowest BCUT2D eigenvalue weighted by atomic mass is 10.1. The second-order valence-corrected chi connectivity index (χ2v) is 7.06. The van der Waals surface area contributed by atoms with Gasteiger partial charge in [0.25, 0.3) is 0 Å². The maximum absolute atomic E-state index is 12.0. The van der Waals surface area contributed by atoms with Crippen LogP contribution in [0.2, 0.25) is 5.02 Å². The van der Waals surface area contributed by atoms with Gasteiger partial charge >= 0.3 is 6.03 Å². The highest BCUT2D eigenvalue weighted by atomic mass is 35.5. The van der Waals surface area contributed by atoms with Crippen molar-refractivity contribution < 1.29 is 4.79 Å². The van der Waals surface area contributed by atoms with Crippen LogP contribution in [0.25, 0.3) is 0 Å². The van der Waals surface area contributed by atoms with Gasteiger partial charge < -0.3 is 10.2 Å². The summed E-state index contributed by atoms with van der Waals surface area (Å²) >= 11 is 7.58. The normalized spacial score (nSPS) is 14.6. The Balaban J connectivity index is 1.49. The average Bonchev–Trinajstić information content (AvgIpc) is 2.82. The van der Waals surface area contributed by atoms with Crippen molar-refractivity contribution in [3.8, 4) is 0 Å². The van der Waals surface area contributed by atoms with Crippen molar-refractivity contribution in [3.05, 3.63) is 39.9 Å². The zero-order chi connectivity index (χ0) is 15.7. The van der Waals surface area contributed by atoms with Crippen molar-refractivity contribution in [2.24, 2.45) is 0 Å². The van der Waals surface area contributed by atoms with Gasteiger partial charge in [0.1, 0.15) is 0 Å². The second-order valence-electron chi connectivity index (χ2n) is 5.42. The Labute approximate surface area is 138 Å². The number of hydrogen-bond donors (Lipinski definition) is 2. The molecule has 0 saturated carbocycles. The number of urea groups is 1. The SMILES string of the molecule is Cc1cnc(NC(=O)N2CC(Nc3ccc(C)c(Cl)c3)C2)s1. The van der Waals surface area contributed by atoms with Crippen LogP contribution in [-0.2, 0) is 0 Å². The molecule has 2 aromatic rings. The molecule has 0 spiro atoms. The molecule has 116 valence electrons. The topological polar surface area (TPSA) is 57.3 Å². The summed E-state index contributed by atoms with van der Waals surface area (Å²) in [5, 5.41) is 7.58. The van der Waals surface area contributed by atoms with Crippen molar-refractivity contribution in [1.82, 2.24) is 9.88 Å². The highest BCUT2D eigenvalue weighted by Crippen LogP contribution is 2.23. The van der Waals surface area contributed by atoms with Crippen LogP contribution >= 0.6 is 22.9 Å². The van der Waals surface area contributed by atoms with Gasteiger partial charge in [0, 0.05) is 34.9 Å². The van der Waals surface area contributed by atoms with Gasteiger partial charge in [0.05, 0.1) is 6.04 Å². The van der Waals surface area contributed by atoms with E-state index in [9.17, 15) is 4.79 Å². The fourth-order valence-corrected chi connectivity index (χ4v) is 3.07. The minimum atomic E-state index is -0.102. The number of likely N-dealkylation sites (tertiary alicyclic amines) is 1. The molecule has 0 atom stereocenters. The predicted octanol–water partition coefficient (Wildman–Crippen LogP) is 3.74. The van der Waals surface area contributed by atoms with Gasteiger partial charge in [-0.25, -0.2) is 9.78 Å². The number of halogens is 1. The van der Waals surface area contributed by atoms with E-state index >= 15 is 0 Å². The van der Waals surface area contributed by atoms with E-state index in [0.717, 1.165) is 21.2 Å². The van der Waals surface area contributed by atoms with E-state index in [2.05, 4.69) is 15.6 Å². The molecule has 1 aromatic heterocycles. The van der Waals surface area contributed by atoms with Gasteiger partial charge in [-0.1, -0.05) is 17.7 Å². The number of aryl methyl sites for hydroxylation is 2. The summed E-state index contributed by atoms with van der Waals surface area (Å²) in [4.78, 5) is 19.0. The minimum absolute atomic E-state index is 0.102. The molecule has 7 heteroatoms. The van der Waals surface area contributed by atoms with E-state index in [-0.39, 0.29) is 12.1 Å². The Morgan fingerprint density at radius 1 is 1.41 bits per heavy atom. The van der Waals surface area contributed by atoms with Crippen LogP contribution in [0.3, 0.4) is 0 Å². The van der Waals surface area contributed by atoms with E-state index in [1.54, 1.807) is 11.1 Å². The van der Waals surface area contributed by atoms with Crippen LogP contribution in [0.4, 0.5) is 15.6 Å². The third kappa shape index (κ3) is 3.34. The van der Waals surface area contributed by atoms with Gasteiger partial charge in [-0.05, 0) is 31.5 Å². The molecule has 1 fully saturated rings. The van der Waals surface area contributed by atoms with Gasteiger partial charge in [-0.3, -0.25) is 5.32 Å². The van der Waals surface area contributed by atoms with Crippen LogP contribution in [0.15, 0.2) is 24.4 Å². The van der Waals surface area contributed by atoms with Crippen LogP contribution in [-0.4, -0.2) is 35.0 Å². The molecular weight excluding hydrogens is 320 g/mol. The van der Waals surface area contributed by atoms with Gasteiger partial charge in [0.15, 0.2) is 5.13 Å². The third-order valence-electron chi connectivity index (χ3n) is 3.55. The zero-order valence-electron chi connectivity index (χ0n) is 12.4. The number of anilines is 2. The number of nitrogens with one attached hydrogen (secondary N) is 2. The summed E-state index contributed by atoms with van der Waals surface area (Å²) in [7, 11) is 0. The lowest BCUT2D eigenvalue weighted by molar-refractivity contribution is 0.171. The number of carbonyl (C=O) groups is 1. The summed E-state index contributed by atoms with van der Waals surface area (Å²) < 4.78 is 0. The standard InChI is InChI=1S/C15H17ClN4OS/c1-9-3-4-11(5-13(9)16)18-12-7-20(8-12)15(21)19-14-17-6-10(2)22-14/h3-6,12,18H,7-8H2,1-2H3,(H,17,19,21). The van der Waals surface area contributed by atoms with E-state index < -0.39 is 0 Å². The van der Waals surface area contributed by atoms with Crippen LogP contribution in [0.5, 0.6) is 0 Å². The summed E-state index contributed by atoms with van der Waals surface area (Å²) in [6.07, 6.45) is 1.75. The number of aromatic nitrogens is 1. The van der Waals surface area contributed by atoms with Crippen LogP contribution < -0.4 is 10.6 Å². The molecule has 0 unspecified atom stereocenters. The Kier molecular flexibility index (Phi) is 4.22. The number of hydrogen-bond acceptors (Lipinski definition) is 4. The fourth-order valence-electron chi connectivity index (χ4n) is 2.24. The molecule has 2 amide bonds. The first kappa shape index (κ1) is 15.1. The molecule has 0 radical (unpaired) electrons. The number of benzene rings is 1. The van der Waals surface area contributed by atoms with Crippen molar-refractivity contribution in [2.75, 3.05) is 23.7 Å². The molecule has 3 rings (SSSR count). The molecule has 1 saturated heterocycles. The summed E-state index contributed by atoms with van der Waals surface area (Å²) in [6.45, 7) is 5.27. The molecule has 2 N–H and O–H groups in total. The second kappa shape index (κ2) is 6.14. The van der Waals surface area contributed by atoms with Gasteiger partial charge in [0.2, 0.25) is 0 Å². The number of nitrogens with zero attached hydrogens (tertiary/aromatic N) is 2. The quantitative estimate of drug-likeness (QED) is 0.897. The fraction of sp³-hybridized carbons (Fsp3) is 0.333. The molecule has 1 aromatic carbocycles. The first-order chi connectivity index (χ1) is 10.5. The van der Waals surface area contributed by atoms with Crippen LogP contribution in [0.1, 0.15) is 10.4 Å². The number of thiazole rings is 1. The van der Waals surface area contributed by atoms with Gasteiger partial charge in [-0.15, -0.1) is 11.3 Å². The maximum Gasteiger partial charge on any atom is 0.323 e. The molecule has 1 aliphatic heterocycles. The monoisotopic (exact) mass is 336 g/mol. The van der Waals surface area contributed by atoms with E-state index in [1.165, 1.54) is 11.3 Å².